The van der Waals surface area contributed by atoms with Crippen molar-refractivity contribution >= 4 is 8.32 Å². The molecule has 0 spiro atoms. The second-order valence-corrected chi connectivity index (χ2v) is 11.2. The Labute approximate surface area is 120 Å². The molecule has 1 N–H and O–H groups in total. The number of rotatable bonds is 10. The molecule has 0 saturated carbocycles. The quantitative estimate of drug-likeness (QED) is 0.212. The van der Waals surface area contributed by atoms with Crippen molar-refractivity contribution in [1.29, 1.82) is 0 Å². The van der Waals surface area contributed by atoms with Crippen LogP contribution in [0.2, 0.25) is 18.1 Å². The molecule has 0 unspecified atom stereocenters. The molecule has 0 bridgehead atoms. The van der Waals surface area contributed by atoms with Gasteiger partial charge in [-0.3, -0.25) is 4.58 Å². The molecule has 0 aromatic carbocycles. The van der Waals surface area contributed by atoms with Crippen LogP contribution in [0.15, 0.2) is 12.2 Å². The molecule has 0 aliphatic heterocycles. The largest absolute Gasteiger partial charge is 0.392 e. The molecule has 0 amide bonds. The number of unbranched alkanes of at least 4 members (excludes halogenated alkanes) is 4. The van der Waals surface area contributed by atoms with Crippen molar-refractivity contribution in [1.82, 2.24) is 0 Å². The molecular formula is C15H32O3Si. The van der Waals surface area contributed by atoms with E-state index in [1.807, 2.05) is 6.08 Å². The highest BCUT2D eigenvalue weighted by molar-refractivity contribution is 6.73. The van der Waals surface area contributed by atoms with Crippen molar-refractivity contribution in [2.45, 2.75) is 71.0 Å². The Kier molecular flexibility index (Phi) is 9.61. The van der Waals surface area contributed by atoms with Gasteiger partial charge in [0, 0.05) is 0 Å². The first-order valence-electron chi connectivity index (χ1n) is 7.38. The fourth-order valence-corrected chi connectivity index (χ4v) is 1.91. The van der Waals surface area contributed by atoms with E-state index in [9.17, 15) is 0 Å². The van der Waals surface area contributed by atoms with Gasteiger partial charge < -0.3 is 5.11 Å². The van der Waals surface area contributed by atoms with Gasteiger partial charge in [0.05, 0.1) is 13.2 Å². The number of allylic oxidation sites excluding steroid dienone is 1. The lowest BCUT2D eigenvalue weighted by atomic mass is 10.1. The lowest BCUT2D eigenvalue weighted by molar-refractivity contribution is -0.221. The molecule has 0 aromatic rings. The Hall–Kier alpha value is -0.163. The molecule has 0 fully saturated rings. The maximum absolute atomic E-state index is 8.57. The van der Waals surface area contributed by atoms with Gasteiger partial charge >= 0.3 is 0 Å². The van der Waals surface area contributed by atoms with Gasteiger partial charge in [-0.2, -0.15) is 0 Å². The van der Waals surface area contributed by atoms with Gasteiger partial charge in [0.25, 0.3) is 0 Å². The summed E-state index contributed by atoms with van der Waals surface area (Å²) < 4.78 is 5.65. The summed E-state index contributed by atoms with van der Waals surface area (Å²) in [6.07, 6.45) is 9.51. The van der Waals surface area contributed by atoms with Crippen molar-refractivity contribution < 1.29 is 14.6 Å². The SMILES string of the molecule is CC(C)(C)[Si](C)(C)OOCCCCCCC=CCO. The van der Waals surface area contributed by atoms with Gasteiger partial charge in [-0.25, -0.2) is 4.89 Å². The summed E-state index contributed by atoms with van der Waals surface area (Å²) >= 11 is 0. The molecule has 0 atom stereocenters. The van der Waals surface area contributed by atoms with E-state index >= 15 is 0 Å². The average Bonchev–Trinajstić information content (AvgIpc) is 2.30. The summed E-state index contributed by atoms with van der Waals surface area (Å²) in [6.45, 7) is 11.9. The van der Waals surface area contributed by atoms with Gasteiger partial charge in [-0.15, -0.1) is 0 Å². The van der Waals surface area contributed by atoms with Crippen LogP contribution in [0.4, 0.5) is 0 Å². The third-order valence-electron chi connectivity index (χ3n) is 3.69. The number of aliphatic hydroxyl groups excluding tert-OH is 1. The van der Waals surface area contributed by atoms with Gasteiger partial charge in [-0.05, 0) is 37.4 Å². The lowest BCUT2D eigenvalue weighted by Crippen LogP contribution is -2.40. The highest BCUT2D eigenvalue weighted by Gasteiger charge is 2.38. The van der Waals surface area contributed by atoms with Crippen molar-refractivity contribution in [3.05, 3.63) is 12.2 Å². The monoisotopic (exact) mass is 288 g/mol. The second-order valence-electron chi connectivity index (χ2n) is 6.52. The van der Waals surface area contributed by atoms with Crippen LogP contribution in [0, 0.1) is 0 Å². The second kappa shape index (κ2) is 9.70. The van der Waals surface area contributed by atoms with E-state index in [1.165, 1.54) is 19.3 Å². The summed E-state index contributed by atoms with van der Waals surface area (Å²) in [5.74, 6) is 0. The number of hydrogen-bond acceptors (Lipinski definition) is 3. The van der Waals surface area contributed by atoms with Crippen LogP contribution in [-0.4, -0.2) is 26.6 Å². The van der Waals surface area contributed by atoms with E-state index < -0.39 is 8.32 Å². The van der Waals surface area contributed by atoms with Crippen LogP contribution >= 0.6 is 0 Å². The Balaban J connectivity index is 3.44. The molecule has 0 rings (SSSR count). The van der Waals surface area contributed by atoms with E-state index in [2.05, 4.69) is 33.9 Å². The highest BCUT2D eigenvalue weighted by atomic mass is 28.4. The predicted octanol–water partition coefficient (Wildman–Crippen LogP) is 4.44. The molecule has 0 aromatic heterocycles. The minimum Gasteiger partial charge on any atom is -0.392 e. The zero-order chi connectivity index (χ0) is 14.8. The van der Waals surface area contributed by atoms with E-state index in [1.54, 1.807) is 6.08 Å². The van der Waals surface area contributed by atoms with Gasteiger partial charge in [-0.1, -0.05) is 45.8 Å². The first kappa shape index (κ1) is 18.8. The van der Waals surface area contributed by atoms with E-state index in [0.717, 1.165) is 12.8 Å². The minimum absolute atomic E-state index is 0.151. The molecule has 114 valence electrons. The summed E-state index contributed by atoms with van der Waals surface area (Å²) in [5, 5.41) is 8.78. The van der Waals surface area contributed by atoms with Gasteiger partial charge in [0.15, 0.2) is 0 Å². The Morgan fingerprint density at radius 1 is 1.00 bits per heavy atom. The summed E-state index contributed by atoms with van der Waals surface area (Å²) in [7, 11) is -1.75. The minimum atomic E-state index is -1.75. The number of aliphatic hydroxyl groups is 1. The first-order chi connectivity index (χ1) is 8.81. The van der Waals surface area contributed by atoms with E-state index in [-0.39, 0.29) is 11.6 Å². The fraction of sp³-hybridized carbons (Fsp3) is 0.867. The normalized spacial score (nSPS) is 13.4. The van der Waals surface area contributed by atoms with Crippen molar-refractivity contribution in [2.75, 3.05) is 13.2 Å². The van der Waals surface area contributed by atoms with Crippen molar-refractivity contribution in [3.8, 4) is 0 Å². The van der Waals surface area contributed by atoms with E-state index in [0.29, 0.717) is 6.61 Å². The first-order valence-corrected chi connectivity index (χ1v) is 10.3. The van der Waals surface area contributed by atoms with Crippen molar-refractivity contribution in [3.63, 3.8) is 0 Å². The molecule has 0 heterocycles. The Morgan fingerprint density at radius 3 is 2.21 bits per heavy atom. The Bertz CT molecular complexity index is 244. The topological polar surface area (TPSA) is 38.7 Å². The predicted molar refractivity (Wildman–Crippen MR) is 83.5 cm³/mol. The Morgan fingerprint density at radius 2 is 1.63 bits per heavy atom. The maximum atomic E-state index is 8.57. The maximum Gasteiger partial charge on any atom is 0.238 e. The summed E-state index contributed by atoms with van der Waals surface area (Å²) in [5.41, 5.74) is 0. The average molecular weight is 289 g/mol. The van der Waals surface area contributed by atoms with Crippen LogP contribution in [-0.2, 0) is 9.46 Å². The fourth-order valence-electron chi connectivity index (χ4n) is 1.28. The molecule has 0 aliphatic rings. The molecule has 0 aliphatic carbocycles. The summed E-state index contributed by atoms with van der Waals surface area (Å²) in [6, 6.07) is 0. The smallest absolute Gasteiger partial charge is 0.238 e. The van der Waals surface area contributed by atoms with Crippen molar-refractivity contribution in [2.24, 2.45) is 0 Å². The molecule has 3 nitrogen and oxygen atoms in total. The molecular weight excluding hydrogens is 256 g/mol. The molecule has 0 radical (unpaired) electrons. The number of hydrogen-bond donors (Lipinski definition) is 1. The van der Waals surface area contributed by atoms with Crippen LogP contribution in [0.5, 0.6) is 0 Å². The third-order valence-corrected chi connectivity index (χ3v) is 7.84. The standard InChI is InChI=1S/C15H32O3Si/c1-15(2,3)19(4,5)18-17-14-12-10-8-6-7-9-11-13-16/h9,11,16H,6-8,10,12-14H2,1-5H3. The molecule has 0 saturated heterocycles. The zero-order valence-electron chi connectivity index (χ0n) is 13.4. The highest BCUT2D eigenvalue weighted by Crippen LogP contribution is 2.36. The summed E-state index contributed by atoms with van der Waals surface area (Å²) in [4.78, 5) is 5.38. The molecule has 19 heavy (non-hydrogen) atoms. The molecule has 4 heteroatoms. The van der Waals surface area contributed by atoms with Crippen LogP contribution < -0.4 is 0 Å². The third kappa shape index (κ3) is 9.38. The van der Waals surface area contributed by atoms with Crippen LogP contribution in [0.1, 0.15) is 52.9 Å². The van der Waals surface area contributed by atoms with Crippen LogP contribution in [0.25, 0.3) is 0 Å². The van der Waals surface area contributed by atoms with Gasteiger partial charge in [0.2, 0.25) is 8.32 Å². The zero-order valence-corrected chi connectivity index (χ0v) is 14.4. The lowest BCUT2D eigenvalue weighted by Gasteiger charge is -2.34. The van der Waals surface area contributed by atoms with Crippen LogP contribution in [0.3, 0.4) is 0 Å². The van der Waals surface area contributed by atoms with E-state index in [4.69, 9.17) is 14.6 Å². The van der Waals surface area contributed by atoms with Gasteiger partial charge in [0.1, 0.15) is 0 Å².